The lowest BCUT2D eigenvalue weighted by Gasteiger charge is -2.17. The number of halogens is 1. The topological polar surface area (TPSA) is 55.1 Å². The van der Waals surface area contributed by atoms with E-state index in [9.17, 15) is 4.79 Å². The molecule has 0 aromatic heterocycles. The minimum atomic E-state index is -0.588. The van der Waals surface area contributed by atoms with Gasteiger partial charge in [0, 0.05) is 5.02 Å². The summed E-state index contributed by atoms with van der Waals surface area (Å²) in [5.74, 6) is -0.00898. The van der Waals surface area contributed by atoms with Crippen LogP contribution in [0.25, 0.3) is 0 Å². The highest BCUT2D eigenvalue weighted by molar-refractivity contribution is 6.30. The van der Waals surface area contributed by atoms with Gasteiger partial charge in [-0.15, -0.1) is 0 Å². The lowest BCUT2D eigenvalue weighted by Crippen LogP contribution is -2.43. The summed E-state index contributed by atoms with van der Waals surface area (Å²) in [5, 5.41) is 3.81. The average molecular weight is 251 g/mol. The first-order chi connectivity index (χ1) is 8.08. The monoisotopic (exact) mass is 250 g/mol. The predicted octanol–water partition coefficient (Wildman–Crippen LogP) is 1.93. The number of carbonyl (C=O) groups is 1. The number of aryl methyl sites for hydroxylation is 1. The summed E-state index contributed by atoms with van der Waals surface area (Å²) >= 11 is 5.95. The van der Waals surface area contributed by atoms with Crippen LogP contribution in [-0.4, -0.2) is 11.4 Å². The average Bonchev–Trinajstić information content (AvgIpc) is 2.93. The minimum Gasteiger partial charge on any atom is -0.348 e. The predicted molar refractivity (Wildman–Crippen MR) is 66.8 cm³/mol. The Bertz CT molecular complexity index is 482. The molecule has 1 atom stereocenters. The van der Waals surface area contributed by atoms with Crippen LogP contribution in [0.3, 0.4) is 0 Å². The van der Waals surface area contributed by atoms with E-state index in [4.69, 9.17) is 17.3 Å². The molecule has 0 heterocycles. The third-order valence-electron chi connectivity index (χ3n) is 3.73. The fourth-order valence-corrected chi connectivity index (χ4v) is 2.59. The van der Waals surface area contributed by atoms with Crippen LogP contribution in [0.4, 0.5) is 0 Å². The van der Waals surface area contributed by atoms with Gasteiger partial charge < -0.3 is 11.1 Å². The Balaban J connectivity index is 1.77. The molecule has 0 spiro atoms. The first kappa shape index (κ1) is 11.1. The molecule has 1 saturated carbocycles. The van der Waals surface area contributed by atoms with Crippen LogP contribution in [0.1, 0.15) is 36.4 Å². The Kier molecular flexibility index (Phi) is 2.42. The Labute approximate surface area is 105 Å². The Morgan fingerprint density at radius 2 is 2.24 bits per heavy atom. The Morgan fingerprint density at radius 1 is 1.47 bits per heavy atom. The van der Waals surface area contributed by atoms with Gasteiger partial charge in [-0.05, 0) is 48.9 Å². The largest absolute Gasteiger partial charge is 0.348 e. The van der Waals surface area contributed by atoms with Crippen molar-refractivity contribution in [2.24, 2.45) is 5.73 Å². The summed E-state index contributed by atoms with van der Waals surface area (Å²) in [6.45, 7) is 0. The lowest BCUT2D eigenvalue weighted by molar-refractivity contribution is -0.124. The van der Waals surface area contributed by atoms with E-state index in [0.717, 1.165) is 30.7 Å². The zero-order valence-corrected chi connectivity index (χ0v) is 10.3. The molecule has 0 aliphatic heterocycles. The molecular formula is C13H15ClN2O. The molecule has 17 heavy (non-hydrogen) atoms. The first-order valence-corrected chi connectivity index (χ1v) is 6.34. The van der Waals surface area contributed by atoms with Gasteiger partial charge in [0.1, 0.15) is 0 Å². The second kappa shape index (κ2) is 3.72. The van der Waals surface area contributed by atoms with Crippen LogP contribution >= 0.6 is 11.6 Å². The third-order valence-corrected chi connectivity index (χ3v) is 3.96. The molecule has 90 valence electrons. The molecule has 0 radical (unpaired) electrons. The van der Waals surface area contributed by atoms with Crippen molar-refractivity contribution in [2.75, 3.05) is 0 Å². The van der Waals surface area contributed by atoms with Gasteiger partial charge in [0.25, 0.3) is 0 Å². The van der Waals surface area contributed by atoms with E-state index < -0.39 is 5.54 Å². The number of nitrogens with two attached hydrogens (primary N) is 1. The zero-order chi connectivity index (χ0) is 12.0. The number of benzene rings is 1. The molecule has 0 bridgehead atoms. The van der Waals surface area contributed by atoms with Crippen molar-refractivity contribution in [3.05, 3.63) is 34.3 Å². The maximum absolute atomic E-state index is 11.9. The van der Waals surface area contributed by atoms with Crippen LogP contribution in [-0.2, 0) is 11.2 Å². The number of hydrogen-bond acceptors (Lipinski definition) is 2. The van der Waals surface area contributed by atoms with Gasteiger partial charge in [0.05, 0.1) is 11.6 Å². The van der Waals surface area contributed by atoms with Gasteiger partial charge in [-0.2, -0.15) is 0 Å². The van der Waals surface area contributed by atoms with Crippen molar-refractivity contribution in [1.82, 2.24) is 5.32 Å². The van der Waals surface area contributed by atoms with Gasteiger partial charge in [-0.3, -0.25) is 4.79 Å². The molecule has 1 aromatic rings. The maximum atomic E-state index is 11.9. The fraction of sp³-hybridized carbons (Fsp3) is 0.462. The van der Waals surface area contributed by atoms with Crippen LogP contribution in [0.15, 0.2) is 18.2 Å². The maximum Gasteiger partial charge on any atom is 0.240 e. The number of fused-ring (bicyclic) bond motifs is 1. The Morgan fingerprint density at radius 3 is 2.94 bits per heavy atom. The smallest absolute Gasteiger partial charge is 0.240 e. The van der Waals surface area contributed by atoms with Crippen molar-refractivity contribution >= 4 is 17.5 Å². The van der Waals surface area contributed by atoms with Crippen molar-refractivity contribution < 1.29 is 4.79 Å². The van der Waals surface area contributed by atoms with E-state index in [2.05, 4.69) is 5.32 Å². The third kappa shape index (κ3) is 1.94. The number of amides is 1. The van der Waals surface area contributed by atoms with Crippen molar-refractivity contribution in [1.29, 1.82) is 0 Å². The normalized spacial score (nSPS) is 24.2. The second-order valence-corrected chi connectivity index (χ2v) is 5.50. The summed E-state index contributed by atoms with van der Waals surface area (Å²) in [5.41, 5.74) is 7.72. The van der Waals surface area contributed by atoms with Crippen LogP contribution < -0.4 is 11.1 Å². The molecule has 1 fully saturated rings. The van der Waals surface area contributed by atoms with Gasteiger partial charge in [0.15, 0.2) is 0 Å². The summed E-state index contributed by atoms with van der Waals surface area (Å²) in [6, 6.07) is 5.97. The standard InChI is InChI=1S/C13H15ClN2O/c14-9-2-3-10-8(7-9)1-4-11(10)16-12(17)13(15)5-6-13/h2-3,7,11H,1,4-6,15H2,(H,16,17). The quantitative estimate of drug-likeness (QED) is 0.843. The van der Waals surface area contributed by atoms with E-state index in [1.54, 1.807) is 0 Å². The number of rotatable bonds is 2. The van der Waals surface area contributed by atoms with E-state index in [1.165, 1.54) is 11.1 Å². The Hall–Kier alpha value is -1.06. The van der Waals surface area contributed by atoms with Gasteiger partial charge in [0.2, 0.25) is 5.91 Å². The molecule has 3 nitrogen and oxygen atoms in total. The van der Waals surface area contributed by atoms with Gasteiger partial charge in [-0.1, -0.05) is 17.7 Å². The van der Waals surface area contributed by atoms with Crippen molar-refractivity contribution in [3.63, 3.8) is 0 Å². The van der Waals surface area contributed by atoms with E-state index in [0.29, 0.717) is 0 Å². The molecule has 2 aliphatic rings. The molecule has 0 saturated heterocycles. The van der Waals surface area contributed by atoms with E-state index >= 15 is 0 Å². The molecular weight excluding hydrogens is 236 g/mol. The molecule has 1 aromatic carbocycles. The summed E-state index contributed by atoms with van der Waals surface area (Å²) in [7, 11) is 0. The fourth-order valence-electron chi connectivity index (χ4n) is 2.40. The van der Waals surface area contributed by atoms with E-state index in [-0.39, 0.29) is 11.9 Å². The lowest BCUT2D eigenvalue weighted by atomic mass is 10.1. The molecule has 3 N–H and O–H groups in total. The van der Waals surface area contributed by atoms with Crippen molar-refractivity contribution in [3.8, 4) is 0 Å². The number of nitrogens with one attached hydrogen (secondary N) is 1. The van der Waals surface area contributed by atoms with Gasteiger partial charge >= 0.3 is 0 Å². The van der Waals surface area contributed by atoms with Crippen LogP contribution in [0, 0.1) is 0 Å². The molecule has 1 unspecified atom stereocenters. The van der Waals surface area contributed by atoms with Crippen LogP contribution in [0.2, 0.25) is 5.02 Å². The molecule has 2 aliphatic carbocycles. The SMILES string of the molecule is NC1(C(=O)NC2CCc3cc(Cl)ccc32)CC1. The molecule has 3 rings (SSSR count). The summed E-state index contributed by atoms with van der Waals surface area (Å²) in [6.07, 6.45) is 3.52. The number of hydrogen-bond donors (Lipinski definition) is 2. The second-order valence-electron chi connectivity index (χ2n) is 5.06. The minimum absolute atomic E-state index is 0.00898. The van der Waals surface area contributed by atoms with E-state index in [1.807, 2.05) is 18.2 Å². The van der Waals surface area contributed by atoms with Crippen LogP contribution in [0.5, 0.6) is 0 Å². The van der Waals surface area contributed by atoms with Crippen molar-refractivity contribution in [2.45, 2.75) is 37.3 Å². The highest BCUT2D eigenvalue weighted by Crippen LogP contribution is 2.36. The summed E-state index contributed by atoms with van der Waals surface area (Å²) < 4.78 is 0. The molecule has 1 amide bonds. The first-order valence-electron chi connectivity index (χ1n) is 5.97. The van der Waals surface area contributed by atoms with Gasteiger partial charge in [-0.25, -0.2) is 0 Å². The molecule has 4 heteroatoms. The highest BCUT2D eigenvalue weighted by Gasteiger charge is 2.46. The highest BCUT2D eigenvalue weighted by atomic mass is 35.5. The zero-order valence-electron chi connectivity index (χ0n) is 9.50. The number of carbonyl (C=O) groups excluding carboxylic acids is 1. The summed E-state index contributed by atoms with van der Waals surface area (Å²) in [4.78, 5) is 11.9.